The molecule has 0 saturated heterocycles. The number of halogens is 2. The Kier molecular flexibility index (Phi) is 3.08. The zero-order chi connectivity index (χ0) is 14.4. The van der Waals surface area contributed by atoms with E-state index in [2.05, 4.69) is 0 Å². The van der Waals surface area contributed by atoms with Gasteiger partial charge in [0.05, 0.1) is 16.8 Å². The first-order chi connectivity index (χ1) is 9.52. The number of anilines is 1. The second-order valence-corrected chi connectivity index (χ2v) is 5.58. The van der Waals surface area contributed by atoms with E-state index >= 15 is 0 Å². The SMILES string of the molecule is Cc1c(F)ccc(N2C(=O)c3ccccc3C2=O)c1I. The maximum absolute atomic E-state index is 13.5. The van der Waals surface area contributed by atoms with Crippen LogP contribution < -0.4 is 4.90 Å². The highest BCUT2D eigenvalue weighted by molar-refractivity contribution is 14.1. The molecule has 20 heavy (non-hydrogen) atoms. The summed E-state index contributed by atoms with van der Waals surface area (Å²) in [5.74, 6) is -1.08. The minimum absolute atomic E-state index is 0.352. The van der Waals surface area contributed by atoms with E-state index in [1.54, 1.807) is 31.2 Å². The molecule has 0 unspecified atom stereocenters. The van der Waals surface area contributed by atoms with Crippen molar-refractivity contribution >= 4 is 40.1 Å². The number of benzene rings is 2. The molecule has 0 radical (unpaired) electrons. The van der Waals surface area contributed by atoms with Gasteiger partial charge in [0.15, 0.2) is 0 Å². The molecule has 100 valence electrons. The van der Waals surface area contributed by atoms with Crippen molar-refractivity contribution in [2.75, 3.05) is 4.90 Å². The number of imide groups is 1. The Balaban J connectivity index is 2.17. The van der Waals surface area contributed by atoms with Gasteiger partial charge < -0.3 is 0 Å². The summed E-state index contributed by atoms with van der Waals surface area (Å²) in [5.41, 5.74) is 1.63. The van der Waals surface area contributed by atoms with Crippen LogP contribution in [0.4, 0.5) is 10.1 Å². The predicted molar refractivity (Wildman–Crippen MR) is 81.4 cm³/mol. The summed E-state index contributed by atoms with van der Waals surface area (Å²) in [4.78, 5) is 25.8. The normalized spacial score (nSPS) is 13.8. The lowest BCUT2D eigenvalue weighted by molar-refractivity contribution is 0.0926. The number of rotatable bonds is 1. The van der Waals surface area contributed by atoms with Gasteiger partial charge in [0, 0.05) is 9.13 Å². The largest absolute Gasteiger partial charge is 0.268 e. The number of nitrogens with zero attached hydrogens (tertiary/aromatic N) is 1. The van der Waals surface area contributed by atoms with E-state index in [9.17, 15) is 14.0 Å². The van der Waals surface area contributed by atoms with E-state index in [0.29, 0.717) is 25.9 Å². The first-order valence-corrected chi connectivity index (χ1v) is 7.02. The smallest absolute Gasteiger partial charge is 0.266 e. The fraction of sp³-hybridized carbons (Fsp3) is 0.0667. The zero-order valence-corrected chi connectivity index (χ0v) is 12.6. The van der Waals surface area contributed by atoms with Crippen molar-refractivity contribution < 1.29 is 14.0 Å². The second-order valence-electron chi connectivity index (χ2n) is 4.50. The minimum Gasteiger partial charge on any atom is -0.268 e. The van der Waals surface area contributed by atoms with Crippen LogP contribution in [0.25, 0.3) is 0 Å². The Bertz CT molecular complexity index is 723. The number of amides is 2. The molecular formula is C15H9FINO2. The molecule has 2 aromatic carbocycles. The Morgan fingerprint density at radius 1 is 1.00 bits per heavy atom. The Hall–Kier alpha value is -1.76. The van der Waals surface area contributed by atoms with Gasteiger partial charge in [0.25, 0.3) is 11.8 Å². The second kappa shape index (κ2) is 4.66. The van der Waals surface area contributed by atoms with Crippen molar-refractivity contribution in [2.24, 2.45) is 0 Å². The molecule has 2 amide bonds. The van der Waals surface area contributed by atoms with E-state index in [4.69, 9.17) is 0 Å². The molecule has 1 aliphatic heterocycles. The number of carbonyl (C=O) groups is 2. The van der Waals surface area contributed by atoms with Crippen molar-refractivity contribution in [1.29, 1.82) is 0 Å². The van der Waals surface area contributed by atoms with Gasteiger partial charge in [-0.2, -0.15) is 0 Å². The lowest BCUT2D eigenvalue weighted by Crippen LogP contribution is -2.30. The molecule has 1 heterocycles. The van der Waals surface area contributed by atoms with Crippen molar-refractivity contribution in [1.82, 2.24) is 0 Å². The average molecular weight is 381 g/mol. The van der Waals surface area contributed by atoms with E-state index in [-0.39, 0.29) is 17.6 Å². The van der Waals surface area contributed by atoms with E-state index in [1.165, 1.54) is 12.1 Å². The third-order valence-corrected chi connectivity index (χ3v) is 4.70. The first kappa shape index (κ1) is 13.2. The lowest BCUT2D eigenvalue weighted by Gasteiger charge is -2.17. The van der Waals surface area contributed by atoms with E-state index < -0.39 is 0 Å². The van der Waals surface area contributed by atoms with Gasteiger partial charge in [-0.3, -0.25) is 9.59 Å². The molecule has 0 aromatic heterocycles. The molecule has 0 fully saturated rings. The molecular weight excluding hydrogens is 372 g/mol. The van der Waals surface area contributed by atoms with Crippen LogP contribution in [0.2, 0.25) is 0 Å². The van der Waals surface area contributed by atoms with Crippen LogP contribution in [0, 0.1) is 16.3 Å². The summed E-state index contributed by atoms with van der Waals surface area (Å²) in [6, 6.07) is 9.42. The monoisotopic (exact) mass is 381 g/mol. The fourth-order valence-electron chi connectivity index (χ4n) is 2.23. The highest BCUT2D eigenvalue weighted by Gasteiger charge is 2.37. The summed E-state index contributed by atoms with van der Waals surface area (Å²) in [6.07, 6.45) is 0. The highest BCUT2D eigenvalue weighted by atomic mass is 127. The summed E-state index contributed by atoms with van der Waals surface area (Å²) < 4.78 is 14.1. The summed E-state index contributed by atoms with van der Waals surface area (Å²) in [6.45, 7) is 1.62. The highest BCUT2D eigenvalue weighted by Crippen LogP contribution is 2.33. The van der Waals surface area contributed by atoms with Crippen LogP contribution in [0.15, 0.2) is 36.4 Å². The van der Waals surface area contributed by atoms with Crippen molar-refractivity contribution in [3.63, 3.8) is 0 Å². The quantitative estimate of drug-likeness (QED) is 0.560. The minimum atomic E-state index is -0.366. The summed E-state index contributed by atoms with van der Waals surface area (Å²) in [7, 11) is 0. The summed E-state index contributed by atoms with van der Waals surface area (Å²) in [5, 5.41) is 0. The van der Waals surface area contributed by atoms with Crippen LogP contribution in [0.1, 0.15) is 26.3 Å². The van der Waals surface area contributed by atoms with Gasteiger partial charge in [-0.15, -0.1) is 0 Å². The number of hydrogen-bond acceptors (Lipinski definition) is 2. The molecule has 5 heteroatoms. The maximum atomic E-state index is 13.5. The number of carbonyl (C=O) groups excluding carboxylic acids is 2. The van der Waals surface area contributed by atoms with Crippen LogP contribution in [0.3, 0.4) is 0 Å². The van der Waals surface area contributed by atoms with Gasteiger partial charge in [0.2, 0.25) is 0 Å². The first-order valence-electron chi connectivity index (χ1n) is 5.95. The Morgan fingerprint density at radius 3 is 2.10 bits per heavy atom. The molecule has 0 aliphatic carbocycles. The molecule has 2 aromatic rings. The van der Waals surface area contributed by atoms with Crippen molar-refractivity contribution in [3.05, 3.63) is 62.5 Å². The third kappa shape index (κ3) is 1.76. The molecule has 1 aliphatic rings. The van der Waals surface area contributed by atoms with Gasteiger partial charge in [0.1, 0.15) is 5.82 Å². The zero-order valence-electron chi connectivity index (χ0n) is 10.5. The van der Waals surface area contributed by atoms with Crippen LogP contribution >= 0.6 is 22.6 Å². The van der Waals surface area contributed by atoms with Crippen LogP contribution in [-0.2, 0) is 0 Å². The van der Waals surface area contributed by atoms with Gasteiger partial charge >= 0.3 is 0 Å². The molecule has 0 N–H and O–H groups in total. The molecule has 3 nitrogen and oxygen atoms in total. The van der Waals surface area contributed by atoms with Crippen molar-refractivity contribution in [2.45, 2.75) is 6.92 Å². The molecule has 0 saturated carbocycles. The van der Waals surface area contributed by atoms with Gasteiger partial charge in [-0.25, -0.2) is 9.29 Å². The molecule has 0 bridgehead atoms. The topological polar surface area (TPSA) is 37.4 Å². The Labute approximate surface area is 128 Å². The predicted octanol–water partition coefficient (Wildman–Crippen LogP) is 3.54. The van der Waals surface area contributed by atoms with Gasteiger partial charge in [-0.05, 0) is 53.8 Å². The lowest BCUT2D eigenvalue weighted by atomic mass is 10.1. The maximum Gasteiger partial charge on any atom is 0.266 e. The van der Waals surface area contributed by atoms with E-state index in [0.717, 1.165) is 4.90 Å². The van der Waals surface area contributed by atoms with Crippen LogP contribution in [0.5, 0.6) is 0 Å². The average Bonchev–Trinajstić information content (AvgIpc) is 2.70. The number of fused-ring (bicyclic) bond motifs is 1. The molecule has 0 spiro atoms. The van der Waals surface area contributed by atoms with Crippen LogP contribution in [-0.4, -0.2) is 11.8 Å². The summed E-state index contributed by atoms with van der Waals surface area (Å²) >= 11 is 1.95. The standard InChI is InChI=1S/C15H9FINO2/c1-8-11(16)6-7-12(13(8)17)18-14(19)9-4-2-3-5-10(9)15(18)20/h2-7H,1H3. The fourth-order valence-corrected chi connectivity index (χ4v) is 2.91. The third-order valence-electron chi connectivity index (χ3n) is 3.33. The Morgan fingerprint density at radius 2 is 1.55 bits per heavy atom. The van der Waals surface area contributed by atoms with Gasteiger partial charge in [-0.1, -0.05) is 12.1 Å². The molecule has 0 atom stereocenters. The number of hydrogen-bond donors (Lipinski definition) is 0. The molecule has 3 rings (SSSR count). The van der Waals surface area contributed by atoms with Crippen molar-refractivity contribution in [3.8, 4) is 0 Å². The van der Waals surface area contributed by atoms with E-state index in [1.807, 2.05) is 22.6 Å².